The summed E-state index contributed by atoms with van der Waals surface area (Å²) in [6, 6.07) is 4.02. The van der Waals surface area contributed by atoms with Gasteiger partial charge in [-0.25, -0.2) is 0 Å². The Morgan fingerprint density at radius 2 is 2.25 bits per heavy atom. The molecule has 90 valence electrons. The summed E-state index contributed by atoms with van der Waals surface area (Å²) in [5.41, 5.74) is 5.86. The molecular formula is C13H21NOS. The first kappa shape index (κ1) is 12.1. The Hall–Kier alpha value is -0.380. The largest absolute Gasteiger partial charge is 0.387 e. The van der Waals surface area contributed by atoms with Crippen LogP contribution in [-0.4, -0.2) is 11.7 Å². The van der Waals surface area contributed by atoms with Gasteiger partial charge in [0.05, 0.1) is 6.10 Å². The third kappa shape index (κ3) is 2.17. The highest BCUT2D eigenvalue weighted by Gasteiger charge is 2.40. The smallest absolute Gasteiger partial charge is 0.0949 e. The molecule has 0 spiro atoms. The molecule has 1 fully saturated rings. The molecule has 1 unspecified atom stereocenters. The lowest BCUT2D eigenvalue weighted by Crippen LogP contribution is -2.39. The molecule has 1 heterocycles. The summed E-state index contributed by atoms with van der Waals surface area (Å²) in [7, 11) is 0. The van der Waals surface area contributed by atoms with Crippen LogP contribution >= 0.6 is 11.3 Å². The van der Waals surface area contributed by atoms with E-state index in [1.165, 1.54) is 12.8 Å². The topological polar surface area (TPSA) is 46.2 Å². The molecule has 16 heavy (non-hydrogen) atoms. The Morgan fingerprint density at radius 1 is 1.56 bits per heavy atom. The zero-order valence-electron chi connectivity index (χ0n) is 9.86. The second kappa shape index (κ2) is 4.86. The van der Waals surface area contributed by atoms with Gasteiger partial charge in [0.15, 0.2) is 0 Å². The van der Waals surface area contributed by atoms with Crippen LogP contribution in [0.2, 0.25) is 0 Å². The summed E-state index contributed by atoms with van der Waals surface area (Å²) in [4.78, 5) is 1.07. The summed E-state index contributed by atoms with van der Waals surface area (Å²) < 4.78 is 0. The van der Waals surface area contributed by atoms with Gasteiger partial charge in [0.2, 0.25) is 0 Å². The van der Waals surface area contributed by atoms with Gasteiger partial charge in [-0.15, -0.1) is 11.3 Å². The number of hydrogen-bond acceptors (Lipinski definition) is 3. The Labute approximate surface area is 101 Å². The molecule has 0 amide bonds. The van der Waals surface area contributed by atoms with Crippen molar-refractivity contribution in [2.24, 2.45) is 17.1 Å². The molecule has 2 rings (SSSR count). The monoisotopic (exact) mass is 239 g/mol. The molecule has 1 saturated carbocycles. The molecule has 2 nitrogen and oxygen atoms in total. The van der Waals surface area contributed by atoms with E-state index < -0.39 is 0 Å². The van der Waals surface area contributed by atoms with Crippen molar-refractivity contribution < 1.29 is 5.11 Å². The van der Waals surface area contributed by atoms with Gasteiger partial charge in [-0.1, -0.05) is 25.8 Å². The Morgan fingerprint density at radius 3 is 2.75 bits per heavy atom. The summed E-state index contributed by atoms with van der Waals surface area (Å²) in [6.07, 6.45) is 4.14. The number of aliphatic hydroxyl groups excluding tert-OH is 1. The Balaban J connectivity index is 2.15. The van der Waals surface area contributed by atoms with Crippen LogP contribution in [0.25, 0.3) is 0 Å². The molecule has 1 aliphatic rings. The minimum atomic E-state index is -0.370. The van der Waals surface area contributed by atoms with E-state index in [-0.39, 0.29) is 11.5 Å². The van der Waals surface area contributed by atoms with Gasteiger partial charge in [0.1, 0.15) is 0 Å². The first-order valence-corrected chi connectivity index (χ1v) is 6.97. The second-order valence-corrected chi connectivity index (χ2v) is 6.15. The van der Waals surface area contributed by atoms with Crippen molar-refractivity contribution in [2.45, 2.75) is 38.7 Å². The van der Waals surface area contributed by atoms with Crippen molar-refractivity contribution >= 4 is 11.3 Å². The van der Waals surface area contributed by atoms with Crippen molar-refractivity contribution in [3.8, 4) is 0 Å². The number of nitrogens with two attached hydrogens (primary N) is 1. The van der Waals surface area contributed by atoms with Crippen molar-refractivity contribution in [3.05, 3.63) is 22.4 Å². The van der Waals surface area contributed by atoms with Gasteiger partial charge in [-0.3, -0.25) is 0 Å². The van der Waals surface area contributed by atoms with Crippen LogP contribution in [0.15, 0.2) is 17.5 Å². The van der Waals surface area contributed by atoms with Crippen LogP contribution in [0.5, 0.6) is 0 Å². The maximum absolute atomic E-state index is 10.5. The average molecular weight is 239 g/mol. The van der Waals surface area contributed by atoms with E-state index in [4.69, 9.17) is 5.73 Å². The Bertz CT molecular complexity index is 315. The van der Waals surface area contributed by atoms with Crippen molar-refractivity contribution in [2.75, 3.05) is 6.54 Å². The Kier molecular flexibility index (Phi) is 3.67. The molecule has 3 N–H and O–H groups in total. The number of rotatable bonds is 3. The summed E-state index contributed by atoms with van der Waals surface area (Å²) in [5.74, 6) is 0.787. The van der Waals surface area contributed by atoms with Crippen LogP contribution in [-0.2, 0) is 0 Å². The highest BCUT2D eigenvalue weighted by molar-refractivity contribution is 7.10. The molecule has 0 aliphatic heterocycles. The SMILES string of the molecule is CC1CCC(CN)(C(O)c2cccs2)CC1. The number of thiophene rings is 1. The quantitative estimate of drug-likeness (QED) is 0.852. The predicted molar refractivity (Wildman–Crippen MR) is 68.4 cm³/mol. The third-order valence-corrected chi connectivity index (χ3v) is 4.99. The third-order valence-electron chi connectivity index (χ3n) is 4.07. The first-order valence-electron chi connectivity index (χ1n) is 6.09. The molecule has 0 saturated heterocycles. The van der Waals surface area contributed by atoms with Gasteiger partial charge in [0.25, 0.3) is 0 Å². The zero-order chi connectivity index (χ0) is 11.6. The summed E-state index contributed by atoms with van der Waals surface area (Å²) >= 11 is 1.63. The fourth-order valence-electron chi connectivity index (χ4n) is 2.67. The molecule has 3 heteroatoms. The first-order chi connectivity index (χ1) is 7.68. The van der Waals surface area contributed by atoms with Crippen LogP contribution in [0, 0.1) is 11.3 Å². The van der Waals surface area contributed by atoms with Crippen molar-refractivity contribution in [3.63, 3.8) is 0 Å². The van der Waals surface area contributed by atoms with Crippen LogP contribution < -0.4 is 5.73 Å². The van der Waals surface area contributed by atoms with Gasteiger partial charge in [0, 0.05) is 16.8 Å². The molecule has 1 aromatic rings. The van der Waals surface area contributed by atoms with E-state index in [9.17, 15) is 5.11 Å². The molecule has 0 aromatic carbocycles. The fraction of sp³-hybridized carbons (Fsp3) is 0.692. The van der Waals surface area contributed by atoms with Gasteiger partial charge in [-0.2, -0.15) is 0 Å². The number of aliphatic hydroxyl groups is 1. The van der Waals surface area contributed by atoms with E-state index in [2.05, 4.69) is 6.92 Å². The fourth-order valence-corrected chi connectivity index (χ4v) is 3.53. The van der Waals surface area contributed by atoms with Crippen LogP contribution in [0.3, 0.4) is 0 Å². The van der Waals surface area contributed by atoms with Crippen molar-refractivity contribution in [1.82, 2.24) is 0 Å². The number of hydrogen-bond donors (Lipinski definition) is 2. The predicted octanol–water partition coefficient (Wildman–Crippen LogP) is 2.94. The minimum Gasteiger partial charge on any atom is -0.387 e. The van der Waals surface area contributed by atoms with Gasteiger partial charge >= 0.3 is 0 Å². The lowest BCUT2D eigenvalue weighted by Gasteiger charge is -2.41. The van der Waals surface area contributed by atoms with E-state index in [0.717, 1.165) is 23.6 Å². The van der Waals surface area contributed by atoms with Crippen LogP contribution in [0.4, 0.5) is 0 Å². The molecular weight excluding hydrogens is 218 g/mol. The lowest BCUT2D eigenvalue weighted by atomic mass is 9.67. The maximum Gasteiger partial charge on any atom is 0.0949 e. The lowest BCUT2D eigenvalue weighted by molar-refractivity contribution is -0.00590. The highest BCUT2D eigenvalue weighted by atomic mass is 32.1. The normalized spacial score (nSPS) is 32.6. The van der Waals surface area contributed by atoms with Crippen molar-refractivity contribution in [1.29, 1.82) is 0 Å². The maximum atomic E-state index is 10.5. The zero-order valence-corrected chi connectivity index (χ0v) is 10.7. The minimum absolute atomic E-state index is 0.0721. The molecule has 0 radical (unpaired) electrons. The van der Waals surface area contributed by atoms with Gasteiger partial charge in [-0.05, 0) is 30.2 Å². The molecule has 1 atom stereocenters. The second-order valence-electron chi connectivity index (χ2n) is 5.17. The van der Waals surface area contributed by atoms with E-state index >= 15 is 0 Å². The molecule has 1 aromatic heterocycles. The summed E-state index contributed by atoms with van der Waals surface area (Å²) in [5, 5.41) is 12.5. The standard InChI is InChI=1S/C13H21NOS/c1-10-4-6-13(9-14,7-5-10)12(15)11-3-2-8-16-11/h2-3,8,10,12,15H,4-7,9,14H2,1H3. The van der Waals surface area contributed by atoms with Crippen LogP contribution in [0.1, 0.15) is 43.6 Å². The van der Waals surface area contributed by atoms with E-state index in [1.807, 2.05) is 17.5 Å². The molecule has 0 bridgehead atoms. The molecule has 1 aliphatic carbocycles. The highest BCUT2D eigenvalue weighted by Crippen LogP contribution is 2.47. The van der Waals surface area contributed by atoms with E-state index in [0.29, 0.717) is 6.54 Å². The average Bonchev–Trinajstić information content (AvgIpc) is 2.83. The van der Waals surface area contributed by atoms with Gasteiger partial charge < -0.3 is 10.8 Å². The summed E-state index contributed by atoms with van der Waals surface area (Å²) in [6.45, 7) is 2.89. The van der Waals surface area contributed by atoms with E-state index in [1.54, 1.807) is 11.3 Å².